The monoisotopic (exact) mass is 388 g/mol. The van der Waals surface area contributed by atoms with E-state index in [0.717, 1.165) is 10.6 Å². The van der Waals surface area contributed by atoms with Gasteiger partial charge in [-0.15, -0.1) is 11.3 Å². The molecule has 2 aromatic heterocycles. The van der Waals surface area contributed by atoms with Gasteiger partial charge in [-0.3, -0.25) is 9.78 Å². The predicted octanol–water partition coefficient (Wildman–Crippen LogP) is 3.30. The van der Waals surface area contributed by atoms with Crippen molar-refractivity contribution in [3.63, 3.8) is 0 Å². The first-order chi connectivity index (χ1) is 12.8. The minimum absolute atomic E-state index is 0.0307. The van der Waals surface area contributed by atoms with Gasteiger partial charge in [-0.1, -0.05) is 6.07 Å². The molecule has 0 bridgehead atoms. The van der Waals surface area contributed by atoms with E-state index in [1.807, 2.05) is 31.4 Å². The molecule has 1 aliphatic rings. The van der Waals surface area contributed by atoms with Crippen LogP contribution in [0, 0.1) is 6.92 Å². The van der Waals surface area contributed by atoms with Gasteiger partial charge in [0.25, 0.3) is 5.91 Å². The van der Waals surface area contributed by atoms with Crippen molar-refractivity contribution in [3.8, 4) is 10.6 Å². The second-order valence-electron chi connectivity index (χ2n) is 6.85. The van der Waals surface area contributed by atoms with E-state index >= 15 is 0 Å². The van der Waals surface area contributed by atoms with E-state index in [2.05, 4.69) is 4.98 Å². The van der Waals surface area contributed by atoms with Crippen LogP contribution < -0.4 is 0 Å². The van der Waals surface area contributed by atoms with Gasteiger partial charge in [-0.05, 0) is 51.3 Å². The van der Waals surface area contributed by atoms with Crippen LogP contribution in [-0.4, -0.2) is 53.2 Å². The lowest BCUT2D eigenvalue weighted by Crippen LogP contribution is -2.51. The molecule has 1 aliphatic heterocycles. The van der Waals surface area contributed by atoms with E-state index in [1.54, 1.807) is 42.2 Å². The Morgan fingerprint density at radius 1 is 1.26 bits per heavy atom. The Kier molecular flexibility index (Phi) is 5.92. The fourth-order valence-electron chi connectivity index (χ4n) is 3.23. The van der Waals surface area contributed by atoms with Gasteiger partial charge in [-0.2, -0.15) is 0 Å². The maximum Gasteiger partial charge on any atom is 0.340 e. The number of amides is 1. The van der Waals surface area contributed by atoms with Crippen molar-refractivity contribution in [2.75, 3.05) is 13.1 Å². The lowest BCUT2D eigenvalue weighted by Gasteiger charge is -2.36. The van der Waals surface area contributed by atoms with Crippen LogP contribution >= 0.6 is 11.3 Å². The second kappa shape index (κ2) is 8.19. The first-order valence-electron chi connectivity index (χ1n) is 9.02. The topological polar surface area (TPSA) is 68.7 Å². The number of carbonyl (C=O) groups is 2. The summed E-state index contributed by atoms with van der Waals surface area (Å²) in [7, 11) is 0. The Bertz CT molecular complexity index is 811. The minimum atomic E-state index is -0.855. The molecule has 0 aliphatic carbocycles. The number of aryl methyl sites for hydroxylation is 1. The molecule has 1 saturated heterocycles. The van der Waals surface area contributed by atoms with Gasteiger partial charge < -0.3 is 14.4 Å². The Balaban J connectivity index is 1.66. The minimum Gasteiger partial charge on any atom is -0.449 e. The normalized spacial score (nSPS) is 21.0. The number of aromatic nitrogens is 1. The summed E-state index contributed by atoms with van der Waals surface area (Å²) >= 11 is 1.59. The van der Waals surface area contributed by atoms with Crippen molar-refractivity contribution in [2.45, 2.75) is 46.0 Å². The summed E-state index contributed by atoms with van der Waals surface area (Å²) in [6.07, 6.45) is -0.917. The van der Waals surface area contributed by atoms with E-state index in [0.29, 0.717) is 24.3 Å². The van der Waals surface area contributed by atoms with Crippen LogP contribution in [0.3, 0.4) is 0 Å². The molecule has 1 fully saturated rings. The first kappa shape index (κ1) is 19.5. The number of morpholine rings is 1. The molecular formula is C20H24N2O4S. The molecular weight excluding hydrogens is 364 g/mol. The Morgan fingerprint density at radius 3 is 2.56 bits per heavy atom. The van der Waals surface area contributed by atoms with Gasteiger partial charge in [0.1, 0.15) is 0 Å². The number of ether oxygens (including phenoxy) is 2. The molecule has 27 heavy (non-hydrogen) atoms. The van der Waals surface area contributed by atoms with Gasteiger partial charge in [-0.25, -0.2) is 4.79 Å². The molecule has 0 aromatic carbocycles. The van der Waals surface area contributed by atoms with Gasteiger partial charge in [0.15, 0.2) is 6.10 Å². The third-order valence-corrected chi connectivity index (χ3v) is 5.33. The standard InChI is InChI=1S/C20H24N2O4S/c1-12-10-22(11-13(2)25-12)19(23)15(4)26-20(24)16-7-8-17(21-14(16)3)18-6-5-9-27-18/h5-9,12-13,15H,10-11H2,1-4H3. The van der Waals surface area contributed by atoms with Crippen molar-refractivity contribution < 1.29 is 19.1 Å². The molecule has 0 N–H and O–H groups in total. The molecule has 6 nitrogen and oxygen atoms in total. The van der Waals surface area contributed by atoms with Crippen molar-refractivity contribution in [1.82, 2.24) is 9.88 Å². The van der Waals surface area contributed by atoms with E-state index in [4.69, 9.17) is 9.47 Å². The Morgan fingerprint density at radius 2 is 1.96 bits per heavy atom. The number of hydrogen-bond acceptors (Lipinski definition) is 6. The van der Waals surface area contributed by atoms with Crippen molar-refractivity contribution in [3.05, 3.63) is 40.9 Å². The fourth-order valence-corrected chi connectivity index (χ4v) is 3.92. The quantitative estimate of drug-likeness (QED) is 0.752. The second-order valence-corrected chi connectivity index (χ2v) is 7.80. The highest BCUT2D eigenvalue weighted by molar-refractivity contribution is 7.13. The van der Waals surface area contributed by atoms with Crippen molar-refractivity contribution >= 4 is 23.2 Å². The lowest BCUT2D eigenvalue weighted by atomic mass is 10.1. The Labute approximate surface area is 163 Å². The van der Waals surface area contributed by atoms with Gasteiger partial charge in [0, 0.05) is 13.1 Å². The van der Waals surface area contributed by atoms with E-state index in [1.165, 1.54) is 0 Å². The summed E-state index contributed by atoms with van der Waals surface area (Å²) in [5.41, 5.74) is 1.78. The third-order valence-electron chi connectivity index (χ3n) is 4.44. The molecule has 0 saturated carbocycles. The fraction of sp³-hybridized carbons (Fsp3) is 0.450. The van der Waals surface area contributed by atoms with Crippen LogP contribution in [0.2, 0.25) is 0 Å². The zero-order valence-corrected chi connectivity index (χ0v) is 16.8. The zero-order chi connectivity index (χ0) is 19.6. The summed E-state index contributed by atoms with van der Waals surface area (Å²) in [6.45, 7) is 8.23. The summed E-state index contributed by atoms with van der Waals surface area (Å²) in [5.74, 6) is -0.737. The van der Waals surface area contributed by atoms with Crippen LogP contribution in [0.5, 0.6) is 0 Å². The largest absolute Gasteiger partial charge is 0.449 e. The van der Waals surface area contributed by atoms with E-state index < -0.39 is 12.1 Å². The van der Waals surface area contributed by atoms with Crippen LogP contribution in [0.25, 0.3) is 10.6 Å². The number of nitrogens with zero attached hydrogens (tertiary/aromatic N) is 2. The van der Waals surface area contributed by atoms with E-state index in [9.17, 15) is 9.59 Å². The maximum atomic E-state index is 12.6. The average molecular weight is 388 g/mol. The summed E-state index contributed by atoms with van der Waals surface area (Å²) in [6, 6.07) is 7.44. The van der Waals surface area contributed by atoms with Crippen LogP contribution in [-0.2, 0) is 14.3 Å². The first-order valence-corrected chi connectivity index (χ1v) is 9.90. The molecule has 3 unspecified atom stereocenters. The average Bonchev–Trinajstić information content (AvgIpc) is 3.14. The maximum absolute atomic E-state index is 12.6. The lowest BCUT2D eigenvalue weighted by molar-refractivity contribution is -0.151. The third kappa shape index (κ3) is 4.54. The Hall–Kier alpha value is -2.25. The molecule has 0 spiro atoms. The van der Waals surface area contributed by atoms with Crippen LogP contribution in [0.1, 0.15) is 36.8 Å². The smallest absolute Gasteiger partial charge is 0.340 e. The highest BCUT2D eigenvalue weighted by Gasteiger charge is 2.30. The van der Waals surface area contributed by atoms with Crippen molar-refractivity contribution in [1.29, 1.82) is 0 Å². The highest BCUT2D eigenvalue weighted by Crippen LogP contribution is 2.24. The van der Waals surface area contributed by atoms with Crippen molar-refractivity contribution in [2.24, 2.45) is 0 Å². The summed E-state index contributed by atoms with van der Waals surface area (Å²) in [5, 5.41) is 1.98. The molecule has 144 valence electrons. The molecule has 3 atom stereocenters. The van der Waals surface area contributed by atoms with Gasteiger partial charge >= 0.3 is 5.97 Å². The molecule has 1 amide bonds. The molecule has 3 heterocycles. The number of rotatable bonds is 4. The number of carbonyl (C=O) groups excluding carboxylic acids is 2. The number of esters is 1. The SMILES string of the molecule is Cc1nc(-c2cccs2)ccc1C(=O)OC(C)C(=O)N1CC(C)OC(C)C1. The van der Waals surface area contributed by atoms with E-state index in [-0.39, 0.29) is 18.1 Å². The molecule has 0 radical (unpaired) electrons. The van der Waals surface area contributed by atoms with Crippen LogP contribution in [0.4, 0.5) is 0 Å². The summed E-state index contributed by atoms with van der Waals surface area (Å²) in [4.78, 5) is 32.4. The molecule has 3 rings (SSSR count). The van der Waals surface area contributed by atoms with Gasteiger partial charge in [0.05, 0.1) is 34.0 Å². The van der Waals surface area contributed by atoms with Crippen LogP contribution in [0.15, 0.2) is 29.6 Å². The predicted molar refractivity (Wildman–Crippen MR) is 104 cm³/mol. The number of thiophene rings is 1. The summed E-state index contributed by atoms with van der Waals surface area (Å²) < 4.78 is 11.1. The zero-order valence-electron chi connectivity index (χ0n) is 16.0. The molecule has 2 aromatic rings. The van der Waals surface area contributed by atoms with Gasteiger partial charge in [0.2, 0.25) is 0 Å². The number of pyridine rings is 1. The highest BCUT2D eigenvalue weighted by atomic mass is 32.1. The number of hydrogen-bond donors (Lipinski definition) is 0. The molecule has 7 heteroatoms.